The van der Waals surface area contributed by atoms with Crippen LogP contribution < -0.4 is 4.74 Å². The number of benzene rings is 1. The Labute approximate surface area is 104 Å². The second-order valence-corrected chi connectivity index (χ2v) is 3.84. The molecule has 18 heavy (non-hydrogen) atoms. The standard InChI is InChI=1S/C12H13N3O3/c1-8-11(12(16)17)15(14-13-8)7-9-4-3-5-10(6-9)18-2/h3-6H,7H2,1-2H3,(H,16,17). The van der Waals surface area contributed by atoms with Gasteiger partial charge >= 0.3 is 5.97 Å². The van der Waals surface area contributed by atoms with Gasteiger partial charge in [-0.2, -0.15) is 0 Å². The van der Waals surface area contributed by atoms with Crippen molar-refractivity contribution in [2.45, 2.75) is 13.5 Å². The van der Waals surface area contributed by atoms with Crippen molar-refractivity contribution in [3.63, 3.8) is 0 Å². The summed E-state index contributed by atoms with van der Waals surface area (Å²) in [6.45, 7) is 1.97. The molecule has 0 aliphatic rings. The van der Waals surface area contributed by atoms with Gasteiger partial charge in [-0.15, -0.1) is 5.10 Å². The van der Waals surface area contributed by atoms with Crippen molar-refractivity contribution < 1.29 is 14.6 Å². The fourth-order valence-electron chi connectivity index (χ4n) is 1.72. The van der Waals surface area contributed by atoms with Crippen LogP contribution in [0.3, 0.4) is 0 Å². The number of hydrogen-bond donors (Lipinski definition) is 1. The Kier molecular flexibility index (Phi) is 3.27. The molecule has 6 nitrogen and oxygen atoms in total. The summed E-state index contributed by atoms with van der Waals surface area (Å²) in [5, 5.41) is 16.7. The summed E-state index contributed by atoms with van der Waals surface area (Å²) >= 11 is 0. The third-order valence-corrected chi connectivity index (χ3v) is 2.57. The van der Waals surface area contributed by atoms with Gasteiger partial charge in [0.05, 0.1) is 19.3 Å². The van der Waals surface area contributed by atoms with E-state index in [1.54, 1.807) is 14.0 Å². The highest BCUT2D eigenvalue weighted by Crippen LogP contribution is 2.14. The molecule has 6 heteroatoms. The van der Waals surface area contributed by atoms with Crippen molar-refractivity contribution in [2.24, 2.45) is 0 Å². The number of hydrogen-bond acceptors (Lipinski definition) is 4. The highest BCUT2D eigenvalue weighted by Gasteiger charge is 2.16. The van der Waals surface area contributed by atoms with Gasteiger partial charge in [-0.05, 0) is 24.6 Å². The Morgan fingerprint density at radius 1 is 1.50 bits per heavy atom. The van der Waals surface area contributed by atoms with E-state index < -0.39 is 5.97 Å². The number of aryl methyl sites for hydroxylation is 1. The first-order chi connectivity index (χ1) is 8.61. The SMILES string of the molecule is COc1cccc(Cn2nnc(C)c2C(=O)O)c1. The molecule has 1 heterocycles. The molecular formula is C12H13N3O3. The van der Waals surface area contributed by atoms with Gasteiger partial charge in [0.15, 0.2) is 5.69 Å². The maximum absolute atomic E-state index is 11.1. The van der Waals surface area contributed by atoms with Gasteiger partial charge in [-0.1, -0.05) is 17.3 Å². The number of methoxy groups -OCH3 is 1. The number of aromatic carboxylic acids is 1. The zero-order valence-electron chi connectivity index (χ0n) is 10.1. The predicted octanol–water partition coefficient (Wildman–Crippen LogP) is 1.34. The first-order valence-corrected chi connectivity index (χ1v) is 5.38. The van der Waals surface area contributed by atoms with E-state index in [0.717, 1.165) is 11.3 Å². The zero-order valence-corrected chi connectivity index (χ0v) is 10.1. The van der Waals surface area contributed by atoms with Crippen LogP contribution in [0.25, 0.3) is 0 Å². The van der Waals surface area contributed by atoms with Crippen molar-refractivity contribution in [1.29, 1.82) is 0 Å². The molecule has 0 radical (unpaired) electrons. The molecule has 2 rings (SSSR count). The molecule has 0 saturated carbocycles. The molecule has 0 atom stereocenters. The zero-order chi connectivity index (χ0) is 13.1. The monoisotopic (exact) mass is 247 g/mol. The highest BCUT2D eigenvalue weighted by molar-refractivity contribution is 5.86. The van der Waals surface area contributed by atoms with Crippen LogP contribution in [-0.2, 0) is 6.54 Å². The normalized spacial score (nSPS) is 10.3. The third kappa shape index (κ3) is 2.32. The summed E-state index contributed by atoms with van der Waals surface area (Å²) in [5.41, 5.74) is 1.42. The lowest BCUT2D eigenvalue weighted by atomic mass is 10.2. The molecule has 0 bridgehead atoms. The molecule has 0 saturated heterocycles. The summed E-state index contributed by atoms with van der Waals surface area (Å²) in [4.78, 5) is 11.1. The number of carbonyl (C=O) groups is 1. The smallest absolute Gasteiger partial charge is 0.356 e. The number of nitrogens with zero attached hydrogens (tertiary/aromatic N) is 3. The van der Waals surface area contributed by atoms with Crippen LogP contribution in [0.15, 0.2) is 24.3 Å². The van der Waals surface area contributed by atoms with E-state index >= 15 is 0 Å². The summed E-state index contributed by atoms with van der Waals surface area (Å²) in [5.74, 6) is -0.304. The lowest BCUT2D eigenvalue weighted by molar-refractivity contribution is 0.0683. The quantitative estimate of drug-likeness (QED) is 0.882. The Hall–Kier alpha value is -2.37. The van der Waals surface area contributed by atoms with Gasteiger partial charge in [-0.25, -0.2) is 9.48 Å². The topological polar surface area (TPSA) is 77.2 Å². The molecule has 1 aromatic heterocycles. The van der Waals surface area contributed by atoms with Crippen LogP contribution in [-0.4, -0.2) is 33.2 Å². The van der Waals surface area contributed by atoms with E-state index in [0.29, 0.717) is 12.2 Å². The van der Waals surface area contributed by atoms with Gasteiger partial charge in [0, 0.05) is 0 Å². The predicted molar refractivity (Wildman–Crippen MR) is 63.8 cm³/mol. The Balaban J connectivity index is 2.31. The van der Waals surface area contributed by atoms with Crippen molar-refractivity contribution in [3.05, 3.63) is 41.2 Å². The van der Waals surface area contributed by atoms with Crippen molar-refractivity contribution in [2.75, 3.05) is 7.11 Å². The van der Waals surface area contributed by atoms with Gasteiger partial charge in [0.1, 0.15) is 5.75 Å². The molecular weight excluding hydrogens is 234 g/mol. The summed E-state index contributed by atoms with van der Waals surface area (Å²) < 4.78 is 6.48. The van der Waals surface area contributed by atoms with E-state index in [2.05, 4.69) is 10.3 Å². The number of ether oxygens (including phenoxy) is 1. The van der Waals surface area contributed by atoms with E-state index in [4.69, 9.17) is 9.84 Å². The third-order valence-electron chi connectivity index (χ3n) is 2.57. The van der Waals surface area contributed by atoms with Crippen molar-refractivity contribution in [3.8, 4) is 5.75 Å². The van der Waals surface area contributed by atoms with Gasteiger partial charge in [0.2, 0.25) is 0 Å². The average molecular weight is 247 g/mol. The van der Waals surface area contributed by atoms with Crippen LogP contribution in [0, 0.1) is 6.92 Å². The molecule has 94 valence electrons. The molecule has 0 aliphatic carbocycles. The minimum absolute atomic E-state index is 0.109. The fraction of sp³-hybridized carbons (Fsp3) is 0.250. The molecule has 0 amide bonds. The Morgan fingerprint density at radius 2 is 2.28 bits per heavy atom. The van der Waals surface area contributed by atoms with Crippen LogP contribution in [0.1, 0.15) is 21.7 Å². The van der Waals surface area contributed by atoms with Gasteiger partial charge in [-0.3, -0.25) is 0 Å². The van der Waals surface area contributed by atoms with Gasteiger partial charge in [0.25, 0.3) is 0 Å². The molecule has 0 spiro atoms. The molecule has 2 aromatic rings. The first kappa shape index (κ1) is 12.1. The summed E-state index contributed by atoms with van der Waals surface area (Å²) in [6.07, 6.45) is 0. The van der Waals surface area contributed by atoms with Crippen molar-refractivity contribution in [1.82, 2.24) is 15.0 Å². The van der Waals surface area contributed by atoms with E-state index in [-0.39, 0.29) is 5.69 Å². The Bertz CT molecular complexity index is 578. The van der Waals surface area contributed by atoms with Gasteiger partial charge < -0.3 is 9.84 Å². The minimum Gasteiger partial charge on any atom is -0.497 e. The lowest BCUT2D eigenvalue weighted by Gasteiger charge is -2.06. The van der Waals surface area contributed by atoms with E-state index in [1.807, 2.05) is 24.3 Å². The lowest BCUT2D eigenvalue weighted by Crippen LogP contribution is -2.12. The van der Waals surface area contributed by atoms with Crippen LogP contribution in [0.4, 0.5) is 0 Å². The molecule has 0 aliphatic heterocycles. The number of rotatable bonds is 4. The highest BCUT2D eigenvalue weighted by atomic mass is 16.5. The minimum atomic E-state index is -1.03. The van der Waals surface area contributed by atoms with E-state index in [1.165, 1.54) is 4.68 Å². The van der Waals surface area contributed by atoms with Crippen molar-refractivity contribution >= 4 is 5.97 Å². The molecule has 1 aromatic carbocycles. The summed E-state index contributed by atoms with van der Waals surface area (Å²) in [7, 11) is 1.58. The van der Waals surface area contributed by atoms with Crippen LogP contribution in [0.5, 0.6) is 5.75 Å². The largest absolute Gasteiger partial charge is 0.497 e. The number of carboxylic acids is 1. The molecule has 0 unspecified atom stereocenters. The maximum Gasteiger partial charge on any atom is 0.356 e. The number of aromatic nitrogens is 3. The van der Waals surface area contributed by atoms with Crippen LogP contribution >= 0.6 is 0 Å². The molecule has 1 N–H and O–H groups in total. The Morgan fingerprint density at radius 3 is 2.94 bits per heavy atom. The van der Waals surface area contributed by atoms with E-state index in [9.17, 15) is 4.79 Å². The fourth-order valence-corrected chi connectivity index (χ4v) is 1.72. The summed E-state index contributed by atoms with van der Waals surface area (Å²) in [6, 6.07) is 7.39. The second kappa shape index (κ2) is 4.87. The number of carboxylic acid groups (broad SMARTS) is 1. The molecule has 0 fully saturated rings. The maximum atomic E-state index is 11.1. The average Bonchev–Trinajstić information content (AvgIpc) is 2.70. The van der Waals surface area contributed by atoms with Crippen LogP contribution in [0.2, 0.25) is 0 Å². The second-order valence-electron chi connectivity index (χ2n) is 3.84. The first-order valence-electron chi connectivity index (χ1n) is 5.38.